The molecule has 0 aliphatic carbocycles. The van der Waals surface area contributed by atoms with Crippen LogP contribution < -0.4 is 10.6 Å². The van der Waals surface area contributed by atoms with E-state index in [1.54, 1.807) is 6.20 Å². The van der Waals surface area contributed by atoms with Crippen LogP contribution in [0, 0.1) is 17.8 Å². The van der Waals surface area contributed by atoms with E-state index in [1.165, 1.54) is 12.8 Å². The lowest BCUT2D eigenvalue weighted by Crippen LogP contribution is -2.34. The molecular weight excluding hydrogens is 300 g/mol. The van der Waals surface area contributed by atoms with Crippen molar-refractivity contribution in [1.29, 1.82) is 0 Å². The Hall–Kier alpha value is -1.07. The van der Waals surface area contributed by atoms with Crippen molar-refractivity contribution in [1.82, 2.24) is 14.9 Å². The zero-order chi connectivity index (χ0) is 15.2. The van der Waals surface area contributed by atoms with Crippen molar-refractivity contribution < 1.29 is 4.79 Å². The zero-order valence-electron chi connectivity index (χ0n) is 13.8. The molecule has 1 aromatic rings. The number of halogens is 1. The fourth-order valence-electron chi connectivity index (χ4n) is 2.97. The Balaban J connectivity index is 0.00000242. The molecule has 126 valence electrons. The SMILES string of the molecule is CC(C)Cn1ccnc1NC(=O)CC(C)C1CCCNC1.Cl. The first kappa shape index (κ1) is 19.0. The number of carbonyl (C=O) groups excluding carboxylic acids is 1. The van der Waals surface area contributed by atoms with Crippen LogP contribution in [0.25, 0.3) is 0 Å². The number of hydrogen-bond acceptors (Lipinski definition) is 3. The molecule has 1 aromatic heterocycles. The highest BCUT2D eigenvalue weighted by Crippen LogP contribution is 2.23. The zero-order valence-corrected chi connectivity index (χ0v) is 14.7. The minimum atomic E-state index is 0. The highest BCUT2D eigenvalue weighted by Gasteiger charge is 2.22. The molecule has 6 heteroatoms. The van der Waals surface area contributed by atoms with Crippen molar-refractivity contribution in [2.75, 3.05) is 18.4 Å². The quantitative estimate of drug-likeness (QED) is 0.844. The molecular formula is C16H29ClN4O. The smallest absolute Gasteiger partial charge is 0.226 e. The van der Waals surface area contributed by atoms with Crippen LogP contribution in [0.2, 0.25) is 0 Å². The number of amides is 1. The van der Waals surface area contributed by atoms with Gasteiger partial charge in [0.1, 0.15) is 0 Å². The van der Waals surface area contributed by atoms with Gasteiger partial charge in [-0.1, -0.05) is 20.8 Å². The largest absolute Gasteiger partial charge is 0.317 e. The maximum atomic E-state index is 12.2. The third-order valence-electron chi connectivity index (χ3n) is 4.18. The van der Waals surface area contributed by atoms with Crippen LogP contribution in [0.5, 0.6) is 0 Å². The molecule has 0 saturated carbocycles. The van der Waals surface area contributed by atoms with Crippen LogP contribution in [-0.2, 0) is 11.3 Å². The Bertz CT molecular complexity index is 455. The summed E-state index contributed by atoms with van der Waals surface area (Å²) in [4.78, 5) is 16.5. The Morgan fingerprint density at radius 2 is 2.27 bits per heavy atom. The van der Waals surface area contributed by atoms with Gasteiger partial charge in [0.15, 0.2) is 0 Å². The molecule has 2 rings (SSSR count). The van der Waals surface area contributed by atoms with Gasteiger partial charge >= 0.3 is 0 Å². The van der Waals surface area contributed by atoms with Gasteiger partial charge in [0.25, 0.3) is 0 Å². The number of imidazole rings is 1. The predicted molar refractivity (Wildman–Crippen MR) is 92.3 cm³/mol. The molecule has 2 unspecified atom stereocenters. The van der Waals surface area contributed by atoms with Gasteiger partial charge < -0.3 is 9.88 Å². The number of nitrogens with zero attached hydrogens (tertiary/aromatic N) is 2. The number of anilines is 1. The summed E-state index contributed by atoms with van der Waals surface area (Å²) in [5.41, 5.74) is 0. The van der Waals surface area contributed by atoms with E-state index in [1.807, 2.05) is 10.8 Å². The lowest BCUT2D eigenvalue weighted by atomic mass is 9.85. The number of piperidine rings is 1. The number of nitrogens with one attached hydrogen (secondary N) is 2. The van der Waals surface area contributed by atoms with Gasteiger partial charge in [-0.3, -0.25) is 10.1 Å². The van der Waals surface area contributed by atoms with E-state index < -0.39 is 0 Å². The maximum absolute atomic E-state index is 12.2. The van der Waals surface area contributed by atoms with Crippen LogP contribution in [-0.4, -0.2) is 28.5 Å². The Labute approximate surface area is 139 Å². The second kappa shape index (κ2) is 9.16. The van der Waals surface area contributed by atoms with Crippen molar-refractivity contribution in [2.45, 2.75) is 46.6 Å². The second-order valence-electron chi connectivity index (χ2n) is 6.63. The Morgan fingerprint density at radius 3 is 2.91 bits per heavy atom. The summed E-state index contributed by atoms with van der Waals surface area (Å²) in [6.45, 7) is 9.52. The molecule has 1 saturated heterocycles. The van der Waals surface area contributed by atoms with Crippen LogP contribution in [0.4, 0.5) is 5.95 Å². The minimum Gasteiger partial charge on any atom is -0.317 e. The van der Waals surface area contributed by atoms with Crippen molar-refractivity contribution >= 4 is 24.3 Å². The molecule has 2 N–H and O–H groups in total. The van der Waals surface area contributed by atoms with E-state index in [2.05, 4.69) is 36.4 Å². The number of aromatic nitrogens is 2. The van der Waals surface area contributed by atoms with Crippen molar-refractivity contribution in [3.8, 4) is 0 Å². The fraction of sp³-hybridized carbons (Fsp3) is 0.750. The summed E-state index contributed by atoms with van der Waals surface area (Å²) in [7, 11) is 0. The highest BCUT2D eigenvalue weighted by molar-refractivity contribution is 5.89. The van der Waals surface area contributed by atoms with Crippen molar-refractivity contribution in [2.24, 2.45) is 17.8 Å². The molecule has 2 atom stereocenters. The molecule has 1 amide bonds. The number of hydrogen-bond donors (Lipinski definition) is 2. The van der Waals surface area contributed by atoms with Gasteiger partial charge in [0.2, 0.25) is 11.9 Å². The standard InChI is InChI=1S/C16H28N4O.ClH/c1-12(2)11-20-8-7-18-16(20)19-15(21)9-13(3)14-5-4-6-17-10-14;/h7-8,12-14,17H,4-6,9-11H2,1-3H3,(H,18,19,21);1H. The highest BCUT2D eigenvalue weighted by atomic mass is 35.5. The minimum absolute atomic E-state index is 0. The van der Waals surface area contributed by atoms with E-state index in [0.717, 1.165) is 19.6 Å². The summed E-state index contributed by atoms with van der Waals surface area (Å²) < 4.78 is 2.01. The Kier molecular flexibility index (Phi) is 7.90. The second-order valence-corrected chi connectivity index (χ2v) is 6.63. The third-order valence-corrected chi connectivity index (χ3v) is 4.18. The van der Waals surface area contributed by atoms with Gasteiger partial charge in [-0.25, -0.2) is 4.98 Å². The summed E-state index contributed by atoms with van der Waals surface area (Å²) in [6, 6.07) is 0. The van der Waals surface area contributed by atoms with Gasteiger partial charge in [-0.2, -0.15) is 0 Å². The third kappa shape index (κ3) is 5.61. The maximum Gasteiger partial charge on any atom is 0.226 e. The molecule has 1 fully saturated rings. The summed E-state index contributed by atoms with van der Waals surface area (Å²) in [5, 5.41) is 6.38. The van der Waals surface area contributed by atoms with Crippen LogP contribution in [0.1, 0.15) is 40.0 Å². The first-order valence-electron chi connectivity index (χ1n) is 8.08. The van der Waals surface area contributed by atoms with Gasteiger partial charge in [0.05, 0.1) is 0 Å². The molecule has 1 aliphatic rings. The van der Waals surface area contributed by atoms with Crippen molar-refractivity contribution in [3.63, 3.8) is 0 Å². The lowest BCUT2D eigenvalue weighted by molar-refractivity contribution is -0.117. The predicted octanol–water partition coefficient (Wildman–Crippen LogP) is 2.93. The van der Waals surface area contributed by atoms with Gasteiger partial charge in [0, 0.05) is 25.4 Å². The van der Waals surface area contributed by atoms with Gasteiger partial charge in [-0.15, -0.1) is 12.4 Å². The van der Waals surface area contributed by atoms with E-state index in [-0.39, 0.29) is 18.3 Å². The Morgan fingerprint density at radius 1 is 1.50 bits per heavy atom. The van der Waals surface area contributed by atoms with Crippen LogP contribution in [0.15, 0.2) is 12.4 Å². The molecule has 0 spiro atoms. The van der Waals surface area contributed by atoms with Crippen LogP contribution >= 0.6 is 12.4 Å². The molecule has 0 bridgehead atoms. The van der Waals surface area contributed by atoms with E-state index in [0.29, 0.717) is 30.1 Å². The average Bonchev–Trinajstić information content (AvgIpc) is 2.86. The lowest BCUT2D eigenvalue weighted by Gasteiger charge is -2.28. The van der Waals surface area contributed by atoms with Crippen molar-refractivity contribution in [3.05, 3.63) is 12.4 Å². The van der Waals surface area contributed by atoms with Gasteiger partial charge in [-0.05, 0) is 43.7 Å². The number of carbonyl (C=O) groups is 1. The van der Waals surface area contributed by atoms with E-state index in [9.17, 15) is 4.79 Å². The topological polar surface area (TPSA) is 59.0 Å². The summed E-state index contributed by atoms with van der Waals surface area (Å²) in [6.07, 6.45) is 6.68. The molecule has 5 nitrogen and oxygen atoms in total. The monoisotopic (exact) mass is 328 g/mol. The summed E-state index contributed by atoms with van der Waals surface area (Å²) >= 11 is 0. The molecule has 22 heavy (non-hydrogen) atoms. The first-order valence-corrected chi connectivity index (χ1v) is 8.08. The molecule has 0 radical (unpaired) electrons. The fourth-order valence-corrected chi connectivity index (χ4v) is 2.97. The molecule has 0 aromatic carbocycles. The first-order chi connectivity index (χ1) is 10.1. The average molecular weight is 329 g/mol. The van der Waals surface area contributed by atoms with Crippen LogP contribution in [0.3, 0.4) is 0 Å². The normalized spacial score (nSPS) is 19.5. The van der Waals surface area contributed by atoms with E-state index in [4.69, 9.17) is 0 Å². The molecule has 1 aliphatic heterocycles. The number of rotatable bonds is 6. The molecule has 2 heterocycles. The van der Waals surface area contributed by atoms with E-state index >= 15 is 0 Å². The summed E-state index contributed by atoms with van der Waals surface area (Å²) in [5.74, 6) is 2.29.